The lowest BCUT2D eigenvalue weighted by molar-refractivity contribution is -0.140. The molecule has 0 saturated heterocycles. The van der Waals surface area contributed by atoms with Gasteiger partial charge in [-0.25, -0.2) is 0 Å². The van der Waals surface area contributed by atoms with E-state index in [2.05, 4.69) is 11.9 Å². The first-order valence-corrected chi connectivity index (χ1v) is 10.4. The van der Waals surface area contributed by atoms with E-state index in [1.54, 1.807) is 0 Å². The van der Waals surface area contributed by atoms with Crippen LogP contribution in [0.4, 0.5) is 0 Å². The minimum absolute atomic E-state index is 0. The molecule has 0 aromatic heterocycles. The lowest BCUT2D eigenvalue weighted by Crippen LogP contribution is -2.43. The van der Waals surface area contributed by atoms with Gasteiger partial charge in [0.2, 0.25) is 0 Å². The molecule has 0 radical (unpaired) electrons. The SMILES string of the molecule is CCCCCCCCCCCC(=O)C(CC)(CN=C(N)N)CC(N)C(=O)O.Cl. The molecule has 0 aromatic carbocycles. The molecular formula is C20H41ClN4O3. The number of nitrogens with two attached hydrogens (primary N) is 3. The summed E-state index contributed by atoms with van der Waals surface area (Å²) in [6, 6.07) is -1.11. The maximum atomic E-state index is 12.9. The van der Waals surface area contributed by atoms with Gasteiger partial charge in [0.1, 0.15) is 11.8 Å². The third-order valence-corrected chi connectivity index (χ3v) is 5.27. The molecule has 0 aliphatic carbocycles. The summed E-state index contributed by atoms with van der Waals surface area (Å²) in [5.41, 5.74) is 15.6. The number of rotatable bonds is 17. The van der Waals surface area contributed by atoms with Crippen molar-refractivity contribution in [2.45, 2.75) is 96.9 Å². The molecule has 0 fully saturated rings. The number of nitrogens with zero attached hydrogens (tertiary/aromatic N) is 1. The molecule has 166 valence electrons. The lowest BCUT2D eigenvalue weighted by Gasteiger charge is -2.31. The number of carbonyl (C=O) groups excluding carboxylic acids is 1. The first-order chi connectivity index (χ1) is 12.8. The number of Topliss-reactive ketones (excluding diaryl/α,β-unsaturated/α-hetero) is 1. The second kappa shape index (κ2) is 16.6. The highest BCUT2D eigenvalue weighted by atomic mass is 35.5. The van der Waals surface area contributed by atoms with Gasteiger partial charge in [0, 0.05) is 6.42 Å². The van der Waals surface area contributed by atoms with E-state index in [9.17, 15) is 9.59 Å². The second-order valence-electron chi connectivity index (χ2n) is 7.53. The summed E-state index contributed by atoms with van der Waals surface area (Å²) < 4.78 is 0. The summed E-state index contributed by atoms with van der Waals surface area (Å²) in [6.07, 6.45) is 11.5. The van der Waals surface area contributed by atoms with Gasteiger partial charge in [0.15, 0.2) is 5.96 Å². The quantitative estimate of drug-likeness (QED) is 0.161. The van der Waals surface area contributed by atoms with Crippen LogP contribution in [-0.4, -0.2) is 35.4 Å². The first kappa shape index (κ1) is 28.9. The van der Waals surface area contributed by atoms with E-state index in [1.165, 1.54) is 38.5 Å². The Morgan fingerprint density at radius 1 is 0.964 bits per heavy atom. The van der Waals surface area contributed by atoms with Crippen molar-refractivity contribution in [2.75, 3.05) is 6.54 Å². The van der Waals surface area contributed by atoms with E-state index in [0.29, 0.717) is 12.8 Å². The fraction of sp³-hybridized carbons (Fsp3) is 0.850. The Kier molecular flexibility index (Phi) is 17.1. The van der Waals surface area contributed by atoms with Gasteiger partial charge in [-0.1, -0.05) is 65.2 Å². The number of carboxylic acid groups (broad SMARTS) is 1. The highest BCUT2D eigenvalue weighted by Crippen LogP contribution is 2.32. The number of aliphatic imine (C=N–C) groups is 1. The highest BCUT2D eigenvalue weighted by molar-refractivity contribution is 5.87. The van der Waals surface area contributed by atoms with Gasteiger partial charge in [-0.3, -0.25) is 14.6 Å². The Hall–Kier alpha value is -1.34. The number of guanidine groups is 1. The van der Waals surface area contributed by atoms with Gasteiger partial charge in [-0.05, 0) is 19.3 Å². The third kappa shape index (κ3) is 12.2. The average molecular weight is 421 g/mol. The van der Waals surface area contributed by atoms with Crippen molar-refractivity contribution in [3.05, 3.63) is 0 Å². The highest BCUT2D eigenvalue weighted by Gasteiger charge is 2.38. The van der Waals surface area contributed by atoms with E-state index >= 15 is 0 Å². The Morgan fingerprint density at radius 3 is 1.89 bits per heavy atom. The number of ketones is 1. The molecule has 2 atom stereocenters. The molecule has 0 aliphatic rings. The molecule has 28 heavy (non-hydrogen) atoms. The van der Waals surface area contributed by atoms with Crippen LogP contribution in [0, 0.1) is 5.41 Å². The van der Waals surface area contributed by atoms with Crippen LogP contribution in [0.3, 0.4) is 0 Å². The molecule has 8 heteroatoms. The van der Waals surface area contributed by atoms with Gasteiger partial charge < -0.3 is 22.3 Å². The van der Waals surface area contributed by atoms with E-state index in [4.69, 9.17) is 22.3 Å². The van der Waals surface area contributed by atoms with Gasteiger partial charge in [-0.2, -0.15) is 0 Å². The summed E-state index contributed by atoms with van der Waals surface area (Å²) in [6.45, 7) is 4.15. The number of halogens is 1. The zero-order valence-corrected chi connectivity index (χ0v) is 18.4. The Labute approximate surface area is 176 Å². The maximum absolute atomic E-state index is 12.9. The van der Waals surface area contributed by atoms with Crippen molar-refractivity contribution in [1.82, 2.24) is 0 Å². The minimum Gasteiger partial charge on any atom is -0.480 e. The van der Waals surface area contributed by atoms with Crippen LogP contribution in [0.1, 0.15) is 90.9 Å². The average Bonchev–Trinajstić information content (AvgIpc) is 2.63. The van der Waals surface area contributed by atoms with Crippen LogP contribution < -0.4 is 17.2 Å². The predicted octanol–water partition coefficient (Wildman–Crippen LogP) is 3.37. The van der Waals surface area contributed by atoms with Crippen molar-refractivity contribution in [2.24, 2.45) is 27.6 Å². The van der Waals surface area contributed by atoms with Gasteiger partial charge >= 0.3 is 5.97 Å². The zero-order valence-electron chi connectivity index (χ0n) is 17.6. The number of aliphatic carboxylic acids is 1. The summed E-state index contributed by atoms with van der Waals surface area (Å²) in [4.78, 5) is 28.0. The summed E-state index contributed by atoms with van der Waals surface area (Å²) in [5.74, 6) is -1.21. The number of carbonyl (C=O) groups is 2. The molecule has 7 N–H and O–H groups in total. The lowest BCUT2D eigenvalue weighted by atomic mass is 9.74. The van der Waals surface area contributed by atoms with Gasteiger partial charge in [0.25, 0.3) is 0 Å². The predicted molar refractivity (Wildman–Crippen MR) is 118 cm³/mol. The molecule has 0 saturated carbocycles. The molecule has 0 bridgehead atoms. The second-order valence-corrected chi connectivity index (χ2v) is 7.53. The van der Waals surface area contributed by atoms with Crippen LogP contribution in [-0.2, 0) is 9.59 Å². The fourth-order valence-corrected chi connectivity index (χ4v) is 3.33. The minimum atomic E-state index is -1.12. The Morgan fingerprint density at radius 2 is 1.46 bits per heavy atom. The topological polar surface area (TPSA) is 145 Å². The van der Waals surface area contributed by atoms with Crippen molar-refractivity contribution < 1.29 is 14.7 Å². The normalized spacial score (nSPS) is 13.8. The molecule has 0 rings (SSSR count). The van der Waals surface area contributed by atoms with E-state index in [0.717, 1.165) is 19.3 Å². The van der Waals surface area contributed by atoms with Crippen LogP contribution in [0.25, 0.3) is 0 Å². The van der Waals surface area contributed by atoms with Crippen LogP contribution >= 0.6 is 12.4 Å². The fourth-order valence-electron chi connectivity index (χ4n) is 3.33. The van der Waals surface area contributed by atoms with Crippen molar-refractivity contribution in [3.8, 4) is 0 Å². The molecule has 0 aliphatic heterocycles. The maximum Gasteiger partial charge on any atom is 0.320 e. The Balaban J connectivity index is 0. The van der Waals surface area contributed by atoms with Crippen LogP contribution in [0.15, 0.2) is 4.99 Å². The van der Waals surface area contributed by atoms with Gasteiger partial charge in [-0.15, -0.1) is 12.4 Å². The van der Waals surface area contributed by atoms with Crippen molar-refractivity contribution in [1.29, 1.82) is 0 Å². The number of hydrogen-bond acceptors (Lipinski definition) is 4. The molecule has 0 heterocycles. The van der Waals surface area contributed by atoms with Crippen LogP contribution in [0.5, 0.6) is 0 Å². The molecule has 0 aromatic rings. The summed E-state index contributed by atoms with van der Waals surface area (Å²) in [7, 11) is 0. The molecule has 0 spiro atoms. The largest absolute Gasteiger partial charge is 0.480 e. The van der Waals surface area contributed by atoms with Crippen molar-refractivity contribution >= 4 is 30.1 Å². The molecule has 0 amide bonds. The molecule has 2 unspecified atom stereocenters. The summed E-state index contributed by atoms with van der Waals surface area (Å²) in [5, 5.41) is 9.13. The number of carboxylic acids is 1. The zero-order chi connectivity index (χ0) is 20.7. The monoisotopic (exact) mass is 420 g/mol. The van der Waals surface area contributed by atoms with E-state index < -0.39 is 17.4 Å². The van der Waals surface area contributed by atoms with E-state index in [-0.39, 0.29) is 37.1 Å². The van der Waals surface area contributed by atoms with E-state index in [1.807, 2.05) is 6.92 Å². The summed E-state index contributed by atoms with van der Waals surface area (Å²) >= 11 is 0. The smallest absolute Gasteiger partial charge is 0.320 e. The molecular weight excluding hydrogens is 380 g/mol. The van der Waals surface area contributed by atoms with Crippen LogP contribution in [0.2, 0.25) is 0 Å². The first-order valence-electron chi connectivity index (χ1n) is 10.4. The number of hydrogen-bond donors (Lipinski definition) is 4. The van der Waals surface area contributed by atoms with Gasteiger partial charge in [0.05, 0.1) is 12.0 Å². The standard InChI is InChI=1S/C20H40N4O3.ClH/c1-3-5-6-7-8-9-10-11-12-13-17(25)20(4-2,15-24-19(22)23)14-16(21)18(26)27;/h16H,3-15,21H2,1-2H3,(H,26,27)(H4,22,23,24);1H. The number of unbranched alkanes of at least 4 members (excludes halogenated alkanes) is 8. The Bertz CT molecular complexity index is 470. The molecule has 7 nitrogen and oxygen atoms in total. The third-order valence-electron chi connectivity index (χ3n) is 5.27. The van der Waals surface area contributed by atoms with Crippen molar-refractivity contribution in [3.63, 3.8) is 0 Å².